The Morgan fingerprint density at radius 1 is 1.08 bits per heavy atom. The molecule has 0 aromatic heterocycles. The molecule has 0 unspecified atom stereocenters. The zero-order valence-corrected chi connectivity index (χ0v) is 15.7. The summed E-state index contributed by atoms with van der Waals surface area (Å²) in [6, 6.07) is 19.8. The molecular formula is C20H18INO2. The molecule has 3 nitrogen and oxygen atoms in total. The van der Waals surface area contributed by atoms with Crippen molar-refractivity contribution in [3.63, 3.8) is 0 Å². The molecule has 3 aromatic rings. The van der Waals surface area contributed by atoms with Crippen molar-refractivity contribution in [2.24, 2.45) is 0 Å². The smallest absolute Gasteiger partial charge is 0.265 e. The van der Waals surface area contributed by atoms with E-state index >= 15 is 0 Å². The van der Waals surface area contributed by atoms with Crippen LogP contribution in [0.15, 0.2) is 60.7 Å². The Morgan fingerprint density at radius 2 is 1.83 bits per heavy atom. The van der Waals surface area contributed by atoms with E-state index in [9.17, 15) is 4.79 Å². The van der Waals surface area contributed by atoms with Crippen molar-refractivity contribution in [1.82, 2.24) is 0 Å². The van der Waals surface area contributed by atoms with Gasteiger partial charge in [-0.15, -0.1) is 0 Å². The van der Waals surface area contributed by atoms with Gasteiger partial charge in [0.15, 0.2) is 6.10 Å². The molecule has 0 fully saturated rings. The van der Waals surface area contributed by atoms with Gasteiger partial charge in [-0.1, -0.05) is 36.4 Å². The summed E-state index contributed by atoms with van der Waals surface area (Å²) in [5.74, 6) is 0.558. The number of ether oxygens (including phenoxy) is 1. The van der Waals surface area contributed by atoms with Crippen molar-refractivity contribution in [2.75, 3.05) is 5.32 Å². The second-order valence-electron chi connectivity index (χ2n) is 5.69. The largest absolute Gasteiger partial charge is 0.480 e. The molecule has 0 spiro atoms. The normalized spacial score (nSPS) is 12.0. The van der Waals surface area contributed by atoms with Gasteiger partial charge in [0.1, 0.15) is 5.75 Å². The molecule has 0 saturated heterocycles. The minimum Gasteiger partial charge on any atom is -0.480 e. The molecule has 0 aliphatic heterocycles. The van der Waals surface area contributed by atoms with Crippen molar-refractivity contribution in [3.8, 4) is 5.75 Å². The first-order valence-electron chi connectivity index (χ1n) is 7.76. The molecule has 0 bridgehead atoms. The van der Waals surface area contributed by atoms with Crippen LogP contribution in [0, 0.1) is 10.5 Å². The number of hydrogen-bond donors (Lipinski definition) is 1. The summed E-state index contributed by atoms with van der Waals surface area (Å²) in [5, 5.41) is 5.04. The van der Waals surface area contributed by atoms with Crippen LogP contribution in [0.2, 0.25) is 0 Å². The predicted octanol–water partition coefficient (Wildman–Crippen LogP) is 5.16. The molecule has 1 N–H and O–H groups in total. The lowest BCUT2D eigenvalue weighted by Gasteiger charge is -2.17. The van der Waals surface area contributed by atoms with Crippen LogP contribution in [-0.2, 0) is 4.79 Å². The highest BCUT2D eigenvalue weighted by Gasteiger charge is 2.16. The molecule has 24 heavy (non-hydrogen) atoms. The summed E-state index contributed by atoms with van der Waals surface area (Å²) >= 11 is 2.25. The molecule has 1 amide bonds. The van der Waals surface area contributed by atoms with Gasteiger partial charge in [0, 0.05) is 14.6 Å². The number of fused-ring (bicyclic) bond motifs is 1. The molecule has 122 valence electrons. The number of rotatable bonds is 4. The minimum atomic E-state index is -0.588. The van der Waals surface area contributed by atoms with Crippen LogP contribution in [0.1, 0.15) is 12.5 Å². The number of aryl methyl sites for hydroxylation is 1. The second kappa shape index (κ2) is 7.21. The van der Waals surface area contributed by atoms with E-state index in [1.165, 1.54) is 0 Å². The van der Waals surface area contributed by atoms with E-state index in [1.807, 2.05) is 67.6 Å². The molecule has 4 heteroatoms. The second-order valence-corrected chi connectivity index (χ2v) is 6.93. The maximum Gasteiger partial charge on any atom is 0.265 e. The Bertz CT molecular complexity index is 886. The summed E-state index contributed by atoms with van der Waals surface area (Å²) in [4.78, 5) is 12.5. The number of nitrogens with one attached hydrogen (secondary N) is 1. The first kappa shape index (κ1) is 16.8. The number of amides is 1. The zero-order valence-electron chi connectivity index (χ0n) is 13.5. The third kappa shape index (κ3) is 3.70. The molecule has 0 heterocycles. The van der Waals surface area contributed by atoms with Crippen LogP contribution in [0.5, 0.6) is 5.75 Å². The summed E-state index contributed by atoms with van der Waals surface area (Å²) < 4.78 is 7.05. The summed E-state index contributed by atoms with van der Waals surface area (Å²) in [6.45, 7) is 3.74. The Labute approximate surface area is 155 Å². The standard InChI is InChI=1S/C20H18INO2/c1-13-12-16(21)10-11-18(13)22-20(23)14(2)24-19-9-5-7-15-6-3-4-8-17(15)19/h3-12,14H,1-2H3,(H,22,23)/t14-/m1/s1. The fourth-order valence-electron chi connectivity index (χ4n) is 2.54. The predicted molar refractivity (Wildman–Crippen MR) is 107 cm³/mol. The van der Waals surface area contributed by atoms with Crippen molar-refractivity contribution >= 4 is 45.0 Å². The van der Waals surface area contributed by atoms with Gasteiger partial charge in [0.05, 0.1) is 0 Å². The van der Waals surface area contributed by atoms with E-state index in [0.717, 1.165) is 31.3 Å². The maximum absolute atomic E-state index is 12.5. The highest BCUT2D eigenvalue weighted by Crippen LogP contribution is 2.26. The van der Waals surface area contributed by atoms with Crippen LogP contribution in [-0.4, -0.2) is 12.0 Å². The Kier molecular flexibility index (Phi) is 5.04. The van der Waals surface area contributed by atoms with Crippen molar-refractivity contribution < 1.29 is 9.53 Å². The highest BCUT2D eigenvalue weighted by molar-refractivity contribution is 14.1. The molecule has 1 atom stereocenters. The van der Waals surface area contributed by atoms with Crippen molar-refractivity contribution in [3.05, 3.63) is 69.8 Å². The van der Waals surface area contributed by atoms with Gasteiger partial charge < -0.3 is 10.1 Å². The van der Waals surface area contributed by atoms with Gasteiger partial charge >= 0.3 is 0 Å². The van der Waals surface area contributed by atoms with Crippen LogP contribution in [0.3, 0.4) is 0 Å². The van der Waals surface area contributed by atoms with E-state index in [4.69, 9.17) is 4.74 Å². The maximum atomic E-state index is 12.5. The van der Waals surface area contributed by atoms with E-state index in [-0.39, 0.29) is 5.91 Å². The fraction of sp³-hybridized carbons (Fsp3) is 0.150. The van der Waals surface area contributed by atoms with Gasteiger partial charge in [-0.05, 0) is 71.7 Å². The number of benzene rings is 3. The van der Waals surface area contributed by atoms with Gasteiger partial charge in [0.25, 0.3) is 5.91 Å². The lowest BCUT2D eigenvalue weighted by atomic mass is 10.1. The van der Waals surface area contributed by atoms with E-state index < -0.39 is 6.10 Å². The topological polar surface area (TPSA) is 38.3 Å². The van der Waals surface area contributed by atoms with Gasteiger partial charge in [-0.2, -0.15) is 0 Å². The third-order valence-corrected chi connectivity index (χ3v) is 4.54. The van der Waals surface area contributed by atoms with Crippen molar-refractivity contribution in [1.29, 1.82) is 0 Å². The summed E-state index contributed by atoms with van der Waals surface area (Å²) in [5.41, 5.74) is 1.85. The lowest BCUT2D eigenvalue weighted by molar-refractivity contribution is -0.122. The quantitative estimate of drug-likeness (QED) is 0.580. The molecule has 0 saturated carbocycles. The van der Waals surface area contributed by atoms with E-state index in [2.05, 4.69) is 27.9 Å². The van der Waals surface area contributed by atoms with Gasteiger partial charge in [-0.3, -0.25) is 4.79 Å². The number of carbonyl (C=O) groups excluding carboxylic acids is 1. The number of halogens is 1. The number of carbonyl (C=O) groups is 1. The molecule has 0 aliphatic rings. The zero-order chi connectivity index (χ0) is 17.1. The molecule has 0 radical (unpaired) electrons. The first-order valence-corrected chi connectivity index (χ1v) is 8.84. The van der Waals surface area contributed by atoms with Crippen LogP contribution in [0.4, 0.5) is 5.69 Å². The van der Waals surface area contributed by atoms with Crippen LogP contribution < -0.4 is 10.1 Å². The number of hydrogen-bond acceptors (Lipinski definition) is 2. The monoisotopic (exact) mass is 431 g/mol. The lowest BCUT2D eigenvalue weighted by Crippen LogP contribution is -2.30. The van der Waals surface area contributed by atoms with E-state index in [1.54, 1.807) is 6.92 Å². The highest BCUT2D eigenvalue weighted by atomic mass is 127. The average molecular weight is 431 g/mol. The third-order valence-electron chi connectivity index (χ3n) is 3.87. The Balaban J connectivity index is 1.76. The van der Waals surface area contributed by atoms with Crippen molar-refractivity contribution in [2.45, 2.75) is 20.0 Å². The molecule has 0 aliphatic carbocycles. The SMILES string of the molecule is Cc1cc(I)ccc1NC(=O)[C@@H](C)Oc1cccc2ccccc12. The molecular weight excluding hydrogens is 413 g/mol. The Hall–Kier alpha value is -2.08. The van der Waals surface area contributed by atoms with Crippen LogP contribution in [0.25, 0.3) is 10.8 Å². The molecule has 3 aromatic carbocycles. The van der Waals surface area contributed by atoms with Gasteiger partial charge in [0.2, 0.25) is 0 Å². The van der Waals surface area contributed by atoms with E-state index in [0.29, 0.717) is 0 Å². The first-order chi connectivity index (χ1) is 11.5. The molecule has 3 rings (SSSR count). The fourth-order valence-corrected chi connectivity index (χ4v) is 3.19. The number of anilines is 1. The Morgan fingerprint density at radius 3 is 2.62 bits per heavy atom. The van der Waals surface area contributed by atoms with Crippen LogP contribution >= 0.6 is 22.6 Å². The summed E-state index contributed by atoms with van der Waals surface area (Å²) in [6.07, 6.45) is -0.588. The summed E-state index contributed by atoms with van der Waals surface area (Å²) in [7, 11) is 0. The average Bonchev–Trinajstić information content (AvgIpc) is 2.57. The van der Waals surface area contributed by atoms with Gasteiger partial charge in [-0.25, -0.2) is 0 Å². The minimum absolute atomic E-state index is 0.160.